The lowest BCUT2D eigenvalue weighted by Gasteiger charge is -2.03. The number of carbonyl (C=O) groups excluding carboxylic acids is 1. The fourth-order valence-electron chi connectivity index (χ4n) is 1.82. The Balaban J connectivity index is 2.10. The molecule has 0 saturated heterocycles. The third-order valence-corrected chi connectivity index (χ3v) is 4.81. The van der Waals surface area contributed by atoms with Crippen molar-refractivity contribution in [2.24, 2.45) is 0 Å². The van der Waals surface area contributed by atoms with Gasteiger partial charge >= 0.3 is 0 Å². The van der Waals surface area contributed by atoms with Crippen LogP contribution in [-0.4, -0.2) is 33.7 Å². The number of anilines is 1. The van der Waals surface area contributed by atoms with Crippen LogP contribution in [0, 0.1) is 6.92 Å². The summed E-state index contributed by atoms with van der Waals surface area (Å²) < 4.78 is 10.9. The van der Waals surface area contributed by atoms with Crippen molar-refractivity contribution in [3.63, 3.8) is 0 Å². The highest BCUT2D eigenvalue weighted by Crippen LogP contribution is 2.32. The van der Waals surface area contributed by atoms with E-state index in [4.69, 9.17) is 5.73 Å². The second kappa shape index (κ2) is 6.32. The van der Waals surface area contributed by atoms with Gasteiger partial charge in [-0.15, -0.1) is 11.3 Å². The van der Waals surface area contributed by atoms with E-state index >= 15 is 0 Å². The zero-order valence-corrected chi connectivity index (χ0v) is 13.1. The number of aromatic nitrogens is 1. The molecule has 2 aromatic rings. The van der Waals surface area contributed by atoms with Gasteiger partial charge in [0.2, 0.25) is 0 Å². The predicted molar refractivity (Wildman–Crippen MR) is 84.7 cm³/mol. The molecule has 0 aliphatic carbocycles. The Hall–Kier alpha value is -1.47. The smallest absolute Gasteiger partial charge is 0.263 e. The zero-order chi connectivity index (χ0) is 14.7. The molecule has 0 saturated carbocycles. The number of hydrogen-bond donors (Lipinski definition) is 2. The zero-order valence-electron chi connectivity index (χ0n) is 11.4. The quantitative estimate of drug-likeness (QED) is 0.823. The van der Waals surface area contributed by atoms with Crippen LogP contribution in [-0.2, 0) is 10.8 Å². The number of nitrogen functional groups attached to an aromatic ring is 1. The second-order valence-electron chi connectivity index (χ2n) is 4.54. The first-order valence-corrected chi connectivity index (χ1v) is 8.77. The van der Waals surface area contributed by atoms with Crippen molar-refractivity contribution in [1.82, 2.24) is 10.3 Å². The van der Waals surface area contributed by atoms with Gasteiger partial charge in [-0.2, -0.15) is 0 Å². The third kappa shape index (κ3) is 3.34. The predicted octanol–water partition coefficient (Wildman–Crippen LogP) is 1.69. The van der Waals surface area contributed by atoms with Crippen LogP contribution in [0.1, 0.15) is 21.8 Å². The van der Waals surface area contributed by atoms with Gasteiger partial charge < -0.3 is 11.1 Å². The second-order valence-corrected chi connectivity index (χ2v) is 7.09. The standard InChI is InChI=1S/C13H17N3O2S2/c1-8-4-5-9-10(14)11(19-13(9)16-8)12(17)15-6-3-7-20(2)18/h4-5H,3,6-7,14H2,1-2H3,(H,15,17). The molecule has 7 heteroatoms. The maximum absolute atomic E-state index is 12.1. The lowest BCUT2D eigenvalue weighted by molar-refractivity contribution is 0.0958. The molecule has 20 heavy (non-hydrogen) atoms. The molecule has 0 aliphatic heterocycles. The van der Waals surface area contributed by atoms with Crippen molar-refractivity contribution in [3.8, 4) is 0 Å². The summed E-state index contributed by atoms with van der Waals surface area (Å²) in [4.78, 5) is 17.7. The summed E-state index contributed by atoms with van der Waals surface area (Å²) in [5, 5.41) is 3.62. The highest BCUT2D eigenvalue weighted by Gasteiger charge is 2.16. The Morgan fingerprint density at radius 2 is 2.25 bits per heavy atom. The highest BCUT2D eigenvalue weighted by atomic mass is 32.2. The molecule has 0 spiro atoms. The number of thiophene rings is 1. The van der Waals surface area contributed by atoms with E-state index in [0.717, 1.165) is 15.9 Å². The monoisotopic (exact) mass is 311 g/mol. The first-order chi connectivity index (χ1) is 9.49. The molecule has 0 bridgehead atoms. The number of nitrogens with one attached hydrogen (secondary N) is 1. The van der Waals surface area contributed by atoms with Crippen molar-refractivity contribution in [1.29, 1.82) is 0 Å². The van der Waals surface area contributed by atoms with Crippen LogP contribution in [0.15, 0.2) is 12.1 Å². The molecule has 0 aliphatic rings. The van der Waals surface area contributed by atoms with E-state index in [1.54, 1.807) is 6.26 Å². The van der Waals surface area contributed by atoms with Gasteiger partial charge in [0.05, 0.1) is 5.69 Å². The van der Waals surface area contributed by atoms with Crippen molar-refractivity contribution >= 4 is 43.9 Å². The summed E-state index contributed by atoms with van der Waals surface area (Å²) in [7, 11) is -0.828. The minimum Gasteiger partial charge on any atom is -0.397 e. The minimum absolute atomic E-state index is 0.190. The van der Waals surface area contributed by atoms with Gasteiger partial charge in [0.1, 0.15) is 9.71 Å². The Kier molecular flexibility index (Phi) is 4.72. The Morgan fingerprint density at radius 3 is 2.95 bits per heavy atom. The van der Waals surface area contributed by atoms with Crippen LogP contribution in [0.3, 0.4) is 0 Å². The summed E-state index contributed by atoms with van der Waals surface area (Å²) in [6, 6.07) is 3.77. The number of pyridine rings is 1. The topological polar surface area (TPSA) is 85.1 Å². The number of carbonyl (C=O) groups is 1. The van der Waals surface area contributed by atoms with Crippen molar-refractivity contribution in [3.05, 3.63) is 22.7 Å². The lowest BCUT2D eigenvalue weighted by atomic mass is 10.2. The Morgan fingerprint density at radius 1 is 1.50 bits per heavy atom. The summed E-state index contributed by atoms with van der Waals surface area (Å²) in [5.41, 5.74) is 7.38. The van der Waals surface area contributed by atoms with E-state index in [9.17, 15) is 9.00 Å². The molecule has 2 aromatic heterocycles. The molecule has 3 N–H and O–H groups in total. The van der Waals surface area contributed by atoms with Gasteiger partial charge in [0.25, 0.3) is 5.91 Å². The molecule has 1 amide bonds. The van der Waals surface area contributed by atoms with E-state index < -0.39 is 10.8 Å². The molecule has 0 radical (unpaired) electrons. The normalized spacial score (nSPS) is 12.5. The van der Waals surface area contributed by atoms with E-state index in [2.05, 4.69) is 10.3 Å². The molecule has 5 nitrogen and oxygen atoms in total. The molecular formula is C13H17N3O2S2. The van der Waals surface area contributed by atoms with E-state index in [-0.39, 0.29) is 5.91 Å². The Bertz CT molecular complexity index is 667. The van der Waals surface area contributed by atoms with E-state index in [1.165, 1.54) is 11.3 Å². The fraction of sp³-hybridized carbons (Fsp3) is 0.385. The van der Waals surface area contributed by atoms with Crippen LogP contribution in [0.2, 0.25) is 0 Å². The maximum atomic E-state index is 12.1. The fourth-order valence-corrected chi connectivity index (χ4v) is 3.42. The van der Waals surface area contributed by atoms with Crippen LogP contribution in [0.4, 0.5) is 5.69 Å². The first-order valence-electron chi connectivity index (χ1n) is 6.23. The number of nitrogens with zero attached hydrogens (tertiary/aromatic N) is 1. The summed E-state index contributed by atoms with van der Waals surface area (Å²) in [6.45, 7) is 2.40. The van der Waals surface area contributed by atoms with Crippen molar-refractivity contribution < 1.29 is 9.00 Å². The van der Waals surface area contributed by atoms with Gasteiger partial charge in [-0.05, 0) is 25.5 Å². The average molecular weight is 311 g/mol. The van der Waals surface area contributed by atoms with Gasteiger partial charge in [-0.25, -0.2) is 4.98 Å². The number of nitrogens with two attached hydrogens (primary N) is 1. The number of rotatable bonds is 5. The largest absolute Gasteiger partial charge is 0.397 e. The Labute approximate surface area is 124 Å². The number of hydrogen-bond acceptors (Lipinski definition) is 5. The summed E-state index contributed by atoms with van der Waals surface area (Å²) in [6.07, 6.45) is 2.34. The van der Waals surface area contributed by atoms with E-state index in [1.807, 2.05) is 19.1 Å². The molecule has 0 fully saturated rings. The number of amides is 1. The molecule has 1 unspecified atom stereocenters. The van der Waals surface area contributed by atoms with Crippen molar-refractivity contribution in [2.75, 3.05) is 24.3 Å². The summed E-state index contributed by atoms with van der Waals surface area (Å²) in [5.74, 6) is 0.396. The maximum Gasteiger partial charge on any atom is 0.263 e. The highest BCUT2D eigenvalue weighted by molar-refractivity contribution is 7.84. The van der Waals surface area contributed by atoms with Crippen molar-refractivity contribution in [2.45, 2.75) is 13.3 Å². The van der Waals surface area contributed by atoms with E-state index in [0.29, 0.717) is 29.3 Å². The number of fused-ring (bicyclic) bond motifs is 1. The molecule has 108 valence electrons. The average Bonchev–Trinajstić information content (AvgIpc) is 2.71. The molecule has 1 atom stereocenters. The minimum atomic E-state index is -0.828. The molecule has 2 rings (SSSR count). The lowest BCUT2D eigenvalue weighted by Crippen LogP contribution is -2.25. The van der Waals surface area contributed by atoms with Gasteiger partial charge in [-0.1, -0.05) is 0 Å². The van der Waals surface area contributed by atoms with Crippen LogP contribution >= 0.6 is 11.3 Å². The summed E-state index contributed by atoms with van der Waals surface area (Å²) >= 11 is 1.30. The molecular weight excluding hydrogens is 294 g/mol. The SMILES string of the molecule is Cc1ccc2c(N)c(C(=O)NCCCS(C)=O)sc2n1. The number of aryl methyl sites for hydroxylation is 1. The van der Waals surface area contributed by atoms with Crippen LogP contribution in [0.25, 0.3) is 10.2 Å². The van der Waals surface area contributed by atoms with Crippen LogP contribution in [0.5, 0.6) is 0 Å². The molecule has 2 heterocycles. The van der Waals surface area contributed by atoms with Gasteiger partial charge in [0.15, 0.2) is 0 Å². The van der Waals surface area contributed by atoms with Gasteiger partial charge in [-0.3, -0.25) is 9.00 Å². The van der Waals surface area contributed by atoms with Gasteiger partial charge in [0, 0.05) is 40.4 Å². The third-order valence-electron chi connectivity index (χ3n) is 2.83. The first kappa shape index (κ1) is 14.9. The molecule has 0 aromatic carbocycles. The van der Waals surface area contributed by atoms with Crippen LogP contribution < -0.4 is 11.1 Å².